The summed E-state index contributed by atoms with van der Waals surface area (Å²) in [6.07, 6.45) is 4.18. The second kappa shape index (κ2) is 6.06. The van der Waals surface area contributed by atoms with Crippen LogP contribution in [0.5, 0.6) is 0 Å². The zero-order valence-electron chi connectivity index (χ0n) is 11.6. The Kier molecular flexibility index (Phi) is 4.43. The van der Waals surface area contributed by atoms with Gasteiger partial charge in [0.1, 0.15) is 0 Å². The van der Waals surface area contributed by atoms with Gasteiger partial charge in [-0.1, -0.05) is 11.6 Å². The van der Waals surface area contributed by atoms with Crippen LogP contribution in [0, 0.1) is 6.92 Å². The van der Waals surface area contributed by atoms with Crippen LogP contribution in [0.15, 0.2) is 18.2 Å². The largest absolute Gasteiger partial charge is 0.465 e. The van der Waals surface area contributed by atoms with Crippen LogP contribution in [0.2, 0.25) is 0 Å². The number of ether oxygens (including phenoxy) is 1. The van der Waals surface area contributed by atoms with Gasteiger partial charge < -0.3 is 15.8 Å². The predicted molar refractivity (Wildman–Crippen MR) is 76.4 cm³/mol. The molecular weight excluding hydrogens is 240 g/mol. The van der Waals surface area contributed by atoms with E-state index in [1.807, 2.05) is 25.1 Å². The van der Waals surface area contributed by atoms with Crippen LogP contribution in [-0.2, 0) is 4.74 Å². The normalized spacial score (nSPS) is 22.9. The van der Waals surface area contributed by atoms with Crippen molar-refractivity contribution >= 4 is 11.7 Å². The molecule has 3 N–H and O–H groups in total. The highest BCUT2D eigenvalue weighted by Crippen LogP contribution is 2.24. The lowest BCUT2D eigenvalue weighted by atomic mass is 9.91. The zero-order chi connectivity index (χ0) is 13.8. The van der Waals surface area contributed by atoms with Gasteiger partial charge in [0.25, 0.3) is 0 Å². The van der Waals surface area contributed by atoms with E-state index < -0.39 is 0 Å². The van der Waals surface area contributed by atoms with E-state index in [0.29, 0.717) is 17.6 Å². The number of nitrogens with two attached hydrogens (primary N) is 1. The van der Waals surface area contributed by atoms with Gasteiger partial charge >= 0.3 is 5.97 Å². The highest BCUT2D eigenvalue weighted by molar-refractivity contribution is 5.95. The fraction of sp³-hybridized carbons (Fsp3) is 0.533. The molecule has 19 heavy (non-hydrogen) atoms. The molecule has 4 nitrogen and oxygen atoms in total. The van der Waals surface area contributed by atoms with Gasteiger partial charge in [-0.15, -0.1) is 0 Å². The summed E-state index contributed by atoms with van der Waals surface area (Å²) in [4.78, 5) is 11.8. The minimum atomic E-state index is -0.293. The number of methoxy groups -OCH3 is 1. The molecule has 0 saturated heterocycles. The van der Waals surface area contributed by atoms with Crippen molar-refractivity contribution in [2.24, 2.45) is 5.73 Å². The van der Waals surface area contributed by atoms with Crippen molar-refractivity contribution in [2.75, 3.05) is 12.4 Å². The summed E-state index contributed by atoms with van der Waals surface area (Å²) in [5.74, 6) is -0.293. The van der Waals surface area contributed by atoms with Gasteiger partial charge in [-0.05, 0) is 44.7 Å². The molecule has 1 aliphatic rings. The molecule has 0 radical (unpaired) electrons. The number of aryl methyl sites for hydroxylation is 1. The number of hydrogen-bond donors (Lipinski definition) is 2. The molecule has 0 atom stereocenters. The maximum Gasteiger partial charge on any atom is 0.339 e. The number of benzene rings is 1. The van der Waals surface area contributed by atoms with Gasteiger partial charge in [-0.2, -0.15) is 0 Å². The van der Waals surface area contributed by atoms with Gasteiger partial charge in [-0.25, -0.2) is 4.79 Å². The van der Waals surface area contributed by atoms with Crippen LogP contribution in [0.25, 0.3) is 0 Å². The first-order chi connectivity index (χ1) is 9.10. The zero-order valence-corrected chi connectivity index (χ0v) is 11.6. The first-order valence-corrected chi connectivity index (χ1v) is 6.81. The van der Waals surface area contributed by atoms with Gasteiger partial charge in [-0.3, -0.25) is 0 Å². The number of nitrogens with one attached hydrogen (secondary N) is 1. The van der Waals surface area contributed by atoms with Crippen LogP contribution in [0.4, 0.5) is 5.69 Å². The van der Waals surface area contributed by atoms with Crippen molar-refractivity contribution in [2.45, 2.75) is 44.7 Å². The maximum atomic E-state index is 11.8. The molecule has 0 heterocycles. The van der Waals surface area contributed by atoms with Crippen LogP contribution < -0.4 is 11.1 Å². The average molecular weight is 262 g/mol. The Morgan fingerprint density at radius 3 is 2.63 bits per heavy atom. The molecule has 0 amide bonds. The second-order valence-corrected chi connectivity index (χ2v) is 5.30. The lowest BCUT2D eigenvalue weighted by Gasteiger charge is -2.28. The smallest absolute Gasteiger partial charge is 0.339 e. The van der Waals surface area contributed by atoms with Gasteiger partial charge in [0.15, 0.2) is 0 Å². The number of carbonyl (C=O) groups is 1. The highest BCUT2D eigenvalue weighted by Gasteiger charge is 2.20. The van der Waals surface area contributed by atoms with Crippen LogP contribution >= 0.6 is 0 Å². The SMILES string of the molecule is COC(=O)c1cc(C)ccc1NC1CCC(N)CC1. The molecule has 0 unspecified atom stereocenters. The van der Waals surface area contributed by atoms with E-state index in [0.717, 1.165) is 36.9 Å². The summed E-state index contributed by atoms with van der Waals surface area (Å²) >= 11 is 0. The monoisotopic (exact) mass is 262 g/mol. The summed E-state index contributed by atoms with van der Waals surface area (Å²) in [5.41, 5.74) is 8.43. The van der Waals surface area contributed by atoms with E-state index in [-0.39, 0.29) is 5.97 Å². The molecule has 1 saturated carbocycles. The topological polar surface area (TPSA) is 64.3 Å². The van der Waals surface area contributed by atoms with Crippen LogP contribution in [0.1, 0.15) is 41.6 Å². The molecule has 4 heteroatoms. The summed E-state index contributed by atoms with van der Waals surface area (Å²) in [5, 5.41) is 3.46. The summed E-state index contributed by atoms with van der Waals surface area (Å²) in [6, 6.07) is 6.55. The Morgan fingerprint density at radius 1 is 1.32 bits per heavy atom. The molecule has 0 spiro atoms. The molecule has 1 aromatic carbocycles. The summed E-state index contributed by atoms with van der Waals surface area (Å²) < 4.78 is 4.84. The standard InChI is InChI=1S/C15H22N2O2/c1-10-3-8-14(13(9-10)15(18)19-2)17-12-6-4-11(16)5-7-12/h3,8-9,11-12,17H,4-7,16H2,1-2H3. The van der Waals surface area contributed by atoms with Crippen molar-refractivity contribution in [3.63, 3.8) is 0 Å². The van der Waals surface area contributed by atoms with Gasteiger partial charge in [0.2, 0.25) is 0 Å². The third-order valence-corrected chi connectivity index (χ3v) is 3.71. The van der Waals surface area contributed by atoms with Gasteiger partial charge in [0.05, 0.1) is 12.7 Å². The first-order valence-electron chi connectivity index (χ1n) is 6.81. The number of hydrogen-bond acceptors (Lipinski definition) is 4. The molecule has 1 aliphatic carbocycles. The van der Waals surface area contributed by atoms with Crippen LogP contribution in [0.3, 0.4) is 0 Å². The Morgan fingerprint density at radius 2 is 2.00 bits per heavy atom. The van der Waals surface area contributed by atoms with Gasteiger partial charge in [0, 0.05) is 17.8 Å². The fourth-order valence-electron chi connectivity index (χ4n) is 2.55. The number of carbonyl (C=O) groups excluding carboxylic acids is 1. The first kappa shape index (κ1) is 13.9. The van der Waals surface area contributed by atoms with E-state index in [9.17, 15) is 4.79 Å². The van der Waals surface area contributed by atoms with Crippen molar-refractivity contribution in [1.29, 1.82) is 0 Å². The molecule has 0 bridgehead atoms. The van der Waals surface area contributed by atoms with E-state index in [4.69, 9.17) is 10.5 Å². The molecule has 0 aromatic heterocycles. The summed E-state index contributed by atoms with van der Waals surface area (Å²) in [6.45, 7) is 1.97. The Balaban J connectivity index is 2.13. The molecule has 2 rings (SSSR count). The van der Waals surface area contributed by atoms with E-state index in [1.165, 1.54) is 7.11 Å². The van der Waals surface area contributed by atoms with Crippen LogP contribution in [-0.4, -0.2) is 25.2 Å². The minimum Gasteiger partial charge on any atom is -0.465 e. The number of esters is 1. The molecule has 1 aromatic rings. The summed E-state index contributed by atoms with van der Waals surface area (Å²) in [7, 11) is 1.41. The predicted octanol–water partition coefficient (Wildman–Crippen LogP) is 2.46. The molecule has 0 aliphatic heterocycles. The third kappa shape index (κ3) is 3.47. The van der Waals surface area contributed by atoms with Crippen molar-refractivity contribution in [1.82, 2.24) is 0 Å². The third-order valence-electron chi connectivity index (χ3n) is 3.71. The van der Waals surface area contributed by atoms with E-state index in [2.05, 4.69) is 5.32 Å². The molecule has 1 fully saturated rings. The Labute approximate surface area is 114 Å². The van der Waals surface area contributed by atoms with Crippen molar-refractivity contribution < 1.29 is 9.53 Å². The lowest BCUT2D eigenvalue weighted by molar-refractivity contribution is 0.0601. The Hall–Kier alpha value is -1.55. The van der Waals surface area contributed by atoms with Crippen molar-refractivity contribution in [3.8, 4) is 0 Å². The van der Waals surface area contributed by atoms with E-state index in [1.54, 1.807) is 0 Å². The van der Waals surface area contributed by atoms with Crippen molar-refractivity contribution in [3.05, 3.63) is 29.3 Å². The fourth-order valence-corrected chi connectivity index (χ4v) is 2.55. The number of rotatable bonds is 3. The lowest BCUT2D eigenvalue weighted by Crippen LogP contribution is -2.33. The second-order valence-electron chi connectivity index (χ2n) is 5.30. The molecule has 104 valence electrons. The minimum absolute atomic E-state index is 0.293. The highest BCUT2D eigenvalue weighted by atomic mass is 16.5. The van der Waals surface area contributed by atoms with E-state index >= 15 is 0 Å². The Bertz CT molecular complexity index is 451. The quantitative estimate of drug-likeness (QED) is 0.821. The average Bonchev–Trinajstić information content (AvgIpc) is 2.42. The number of anilines is 1. The maximum absolute atomic E-state index is 11.8. The molecular formula is C15H22N2O2.